The first-order valence-corrected chi connectivity index (χ1v) is 13.3. The quantitative estimate of drug-likeness (QED) is 0.527. The van der Waals surface area contributed by atoms with Crippen molar-refractivity contribution in [1.29, 1.82) is 0 Å². The number of nitrogens with one attached hydrogen (secondary N) is 1. The van der Waals surface area contributed by atoms with Crippen molar-refractivity contribution in [3.8, 4) is 5.75 Å². The Hall–Kier alpha value is -3.68. The summed E-state index contributed by atoms with van der Waals surface area (Å²) < 4.78 is 21.0. The molecule has 2 aromatic rings. The molecule has 0 saturated carbocycles. The van der Waals surface area contributed by atoms with Crippen molar-refractivity contribution in [1.82, 2.24) is 10.2 Å². The topological polar surface area (TPSA) is 97.0 Å². The minimum Gasteiger partial charge on any atom is -0.487 e. The van der Waals surface area contributed by atoms with Crippen molar-refractivity contribution < 1.29 is 18.7 Å². The van der Waals surface area contributed by atoms with E-state index in [9.17, 15) is 14.0 Å². The van der Waals surface area contributed by atoms with Crippen LogP contribution in [0.3, 0.4) is 0 Å². The first kappa shape index (κ1) is 25.9. The second-order valence-electron chi connectivity index (χ2n) is 11.3. The average Bonchev–Trinajstić information content (AvgIpc) is 2.85. The summed E-state index contributed by atoms with van der Waals surface area (Å²) in [5.74, 6) is -0.260. The normalized spacial score (nSPS) is 27.5. The smallest absolute Gasteiger partial charge is 0.251 e. The maximum atomic E-state index is 14.8. The largest absolute Gasteiger partial charge is 0.487 e. The summed E-state index contributed by atoms with van der Waals surface area (Å²) in [7, 11) is 0. The number of hydrogen-bond donors (Lipinski definition) is 2. The Balaban J connectivity index is 1.62. The molecule has 8 heteroatoms. The summed E-state index contributed by atoms with van der Waals surface area (Å²) >= 11 is 0. The van der Waals surface area contributed by atoms with Crippen molar-refractivity contribution in [3.63, 3.8) is 0 Å². The molecular weight excluding hydrogens is 483 g/mol. The molecule has 2 aromatic carbocycles. The van der Waals surface area contributed by atoms with Crippen LogP contribution in [-0.2, 0) is 4.79 Å². The van der Waals surface area contributed by atoms with Gasteiger partial charge in [-0.15, -0.1) is 0 Å². The lowest BCUT2D eigenvalue weighted by atomic mass is 9.85. The maximum absolute atomic E-state index is 14.8. The first-order chi connectivity index (χ1) is 18.0. The van der Waals surface area contributed by atoms with E-state index >= 15 is 0 Å². The summed E-state index contributed by atoms with van der Waals surface area (Å²) in [5.41, 5.74) is 7.82. The highest BCUT2D eigenvalue weighted by Crippen LogP contribution is 2.41. The molecule has 200 valence electrons. The third kappa shape index (κ3) is 4.91. The number of aliphatic imine (C=N–C) groups is 1. The molecule has 4 aliphatic rings. The van der Waals surface area contributed by atoms with Crippen molar-refractivity contribution in [3.05, 3.63) is 70.5 Å². The summed E-state index contributed by atoms with van der Waals surface area (Å²) in [6.07, 6.45) is 6.98. The lowest BCUT2D eigenvalue weighted by Gasteiger charge is -2.39. The molecule has 0 fully saturated rings. The number of guanidine groups is 1. The molecule has 38 heavy (non-hydrogen) atoms. The van der Waals surface area contributed by atoms with Gasteiger partial charge >= 0.3 is 0 Å². The van der Waals surface area contributed by atoms with E-state index in [-0.39, 0.29) is 29.9 Å². The fourth-order valence-electron chi connectivity index (χ4n) is 5.82. The zero-order valence-corrected chi connectivity index (χ0v) is 22.4. The van der Waals surface area contributed by atoms with Gasteiger partial charge in [0.05, 0.1) is 24.0 Å². The van der Waals surface area contributed by atoms with Gasteiger partial charge in [0.2, 0.25) is 5.91 Å². The Labute approximate surface area is 222 Å². The van der Waals surface area contributed by atoms with E-state index in [4.69, 9.17) is 15.5 Å². The maximum Gasteiger partial charge on any atom is 0.251 e. The minimum absolute atomic E-state index is 0.126. The molecule has 0 aromatic heterocycles. The van der Waals surface area contributed by atoms with Crippen molar-refractivity contribution >= 4 is 23.8 Å². The van der Waals surface area contributed by atoms with E-state index in [2.05, 4.69) is 11.4 Å². The van der Waals surface area contributed by atoms with E-state index < -0.39 is 28.9 Å². The number of nitrogens with zero attached hydrogens (tertiary/aromatic N) is 2. The highest BCUT2D eigenvalue weighted by Gasteiger charge is 2.40. The number of carbonyl (C=O) groups excluding carboxylic acids is 2. The molecule has 0 unspecified atom stereocenters. The number of rotatable bonds is 1. The second-order valence-corrected chi connectivity index (χ2v) is 11.3. The Bertz CT molecular complexity index is 1350. The molecular formula is C30H35FN4O3. The highest BCUT2D eigenvalue weighted by molar-refractivity contribution is 6.00. The van der Waals surface area contributed by atoms with Crippen LogP contribution in [0.2, 0.25) is 0 Å². The van der Waals surface area contributed by atoms with Gasteiger partial charge in [0.15, 0.2) is 5.96 Å². The lowest BCUT2D eigenvalue weighted by molar-refractivity contribution is -0.131. The zero-order chi connectivity index (χ0) is 27.2. The molecule has 3 N–H and O–H groups in total. The molecule has 7 nitrogen and oxygen atoms in total. The summed E-state index contributed by atoms with van der Waals surface area (Å²) in [6.45, 7) is 7.76. The average molecular weight is 519 g/mol. The van der Waals surface area contributed by atoms with Crippen LogP contribution in [0.5, 0.6) is 5.75 Å². The monoisotopic (exact) mass is 518 g/mol. The van der Waals surface area contributed by atoms with Crippen molar-refractivity contribution in [2.75, 3.05) is 0 Å². The van der Waals surface area contributed by atoms with Gasteiger partial charge in [-0.2, -0.15) is 0 Å². The first-order valence-electron chi connectivity index (χ1n) is 13.3. The van der Waals surface area contributed by atoms with Crippen molar-refractivity contribution in [2.24, 2.45) is 10.7 Å². The zero-order valence-electron chi connectivity index (χ0n) is 22.4. The molecule has 0 spiro atoms. The number of ether oxygens (including phenoxy) is 1. The van der Waals surface area contributed by atoms with E-state index in [1.807, 2.05) is 45.0 Å². The number of halogens is 1. The fourth-order valence-corrected chi connectivity index (χ4v) is 5.82. The number of carbonyl (C=O) groups is 2. The molecule has 4 aliphatic heterocycles. The van der Waals surface area contributed by atoms with Crippen LogP contribution in [0.25, 0.3) is 6.08 Å². The van der Waals surface area contributed by atoms with Crippen LogP contribution >= 0.6 is 0 Å². The Morgan fingerprint density at radius 2 is 2.00 bits per heavy atom. The van der Waals surface area contributed by atoms with Crippen LogP contribution in [0, 0.1) is 5.82 Å². The van der Waals surface area contributed by atoms with Gasteiger partial charge in [-0.3, -0.25) is 14.5 Å². The van der Waals surface area contributed by atoms with E-state index in [0.717, 1.165) is 23.3 Å². The Kier molecular flexibility index (Phi) is 6.53. The van der Waals surface area contributed by atoms with Gasteiger partial charge in [0.1, 0.15) is 17.2 Å². The van der Waals surface area contributed by atoms with Crippen LogP contribution in [0.4, 0.5) is 4.39 Å². The van der Waals surface area contributed by atoms with Crippen LogP contribution < -0.4 is 15.8 Å². The molecule has 6 rings (SSSR count). The van der Waals surface area contributed by atoms with Gasteiger partial charge in [-0.05, 0) is 81.5 Å². The van der Waals surface area contributed by atoms with Crippen LogP contribution in [0.15, 0.2) is 47.5 Å². The lowest BCUT2D eigenvalue weighted by Crippen LogP contribution is -2.52. The Morgan fingerprint density at radius 1 is 1.21 bits per heavy atom. The standard InChI is InChI=1S/C30H35FN4O3/c1-5-30-11-7-6-8-19-9-10-25-23(12-19)24(16-29(3,4)38-25)33-27(37)21-13-20(14-22(31)15-21)18(2)35(26(36)17-30)28(32)34-30/h6,8-10,12-15,18,24H,5,7,11,16-17H2,1-4H3,(H2,32,34)(H,33,37)/b8-6-/t18-,24+,30-/m1/s1. The number of benzene rings is 2. The van der Waals surface area contributed by atoms with E-state index in [1.165, 1.54) is 17.0 Å². The fraction of sp³-hybridized carbons (Fsp3) is 0.433. The number of amides is 2. The molecule has 4 heterocycles. The SMILES string of the molecule is CC[C@@]12CC/C=C\c3ccc4c(c3)[C@H](CC(C)(C)O4)NC(=O)c3cc(F)cc(c3)[C@@H](C)N(C(=O)C1)C(N)=N2. The van der Waals surface area contributed by atoms with Crippen molar-refractivity contribution in [2.45, 2.75) is 83.0 Å². The van der Waals surface area contributed by atoms with Gasteiger partial charge in [0, 0.05) is 17.5 Å². The molecule has 0 saturated heterocycles. The van der Waals surface area contributed by atoms with Crippen LogP contribution in [0.1, 0.15) is 98.9 Å². The molecule has 2 amide bonds. The second kappa shape index (κ2) is 9.57. The number of nitrogens with two attached hydrogens (primary N) is 1. The van der Waals surface area contributed by atoms with Gasteiger partial charge in [-0.25, -0.2) is 9.38 Å². The number of fused-ring (bicyclic) bond motifs is 4. The number of hydrogen-bond acceptors (Lipinski definition) is 5. The predicted molar refractivity (Wildman–Crippen MR) is 145 cm³/mol. The molecule has 0 radical (unpaired) electrons. The van der Waals surface area contributed by atoms with E-state index in [0.29, 0.717) is 24.8 Å². The van der Waals surface area contributed by atoms with Crippen LogP contribution in [-0.4, -0.2) is 33.8 Å². The third-order valence-electron chi connectivity index (χ3n) is 7.94. The van der Waals surface area contributed by atoms with Gasteiger partial charge < -0.3 is 15.8 Å². The van der Waals surface area contributed by atoms with E-state index in [1.54, 1.807) is 13.0 Å². The van der Waals surface area contributed by atoms with Gasteiger partial charge in [0.25, 0.3) is 5.91 Å². The highest BCUT2D eigenvalue weighted by atomic mass is 19.1. The molecule has 0 aliphatic carbocycles. The minimum atomic E-state index is -0.590. The predicted octanol–water partition coefficient (Wildman–Crippen LogP) is 5.42. The summed E-state index contributed by atoms with van der Waals surface area (Å²) in [6, 6.07) is 9.22. The van der Waals surface area contributed by atoms with Gasteiger partial charge in [-0.1, -0.05) is 25.1 Å². The number of allylic oxidation sites excluding steroid dienone is 1. The Morgan fingerprint density at radius 3 is 2.74 bits per heavy atom. The summed E-state index contributed by atoms with van der Waals surface area (Å²) in [4.78, 5) is 33.0. The molecule has 6 bridgehead atoms. The molecule has 3 atom stereocenters. The third-order valence-corrected chi connectivity index (χ3v) is 7.94. The summed E-state index contributed by atoms with van der Waals surface area (Å²) in [5, 5.41) is 3.10.